The minimum atomic E-state index is -0.590. The number of carbonyl (C=O) groups excluding carboxylic acids is 3. The highest BCUT2D eigenvalue weighted by Crippen LogP contribution is 1.94. The highest BCUT2D eigenvalue weighted by atomic mass is 16.6. The van der Waals surface area contributed by atoms with E-state index in [4.69, 9.17) is 4.74 Å². The van der Waals surface area contributed by atoms with Crippen molar-refractivity contribution in [1.82, 2.24) is 4.90 Å². The van der Waals surface area contributed by atoms with Crippen LogP contribution in [-0.4, -0.2) is 49.6 Å². The molecular formula is C11H17NO5. The summed E-state index contributed by atoms with van der Waals surface area (Å²) in [6.07, 6.45) is 2.65. The highest BCUT2D eigenvalue weighted by Gasteiger charge is 2.11. The lowest BCUT2D eigenvalue weighted by atomic mass is 10.4. The second-order valence-electron chi connectivity index (χ2n) is 2.92. The monoisotopic (exact) mass is 243 g/mol. The van der Waals surface area contributed by atoms with E-state index in [2.05, 4.69) is 4.74 Å². The molecule has 6 heteroatoms. The first kappa shape index (κ1) is 15.2. The Morgan fingerprint density at radius 1 is 1.12 bits per heavy atom. The molecule has 17 heavy (non-hydrogen) atoms. The zero-order valence-electron chi connectivity index (χ0n) is 10.0. The molecule has 0 aromatic heterocycles. The van der Waals surface area contributed by atoms with Gasteiger partial charge in [-0.25, -0.2) is 9.59 Å². The van der Waals surface area contributed by atoms with Crippen molar-refractivity contribution in [2.24, 2.45) is 0 Å². The van der Waals surface area contributed by atoms with Gasteiger partial charge in [-0.3, -0.25) is 4.90 Å². The van der Waals surface area contributed by atoms with Crippen molar-refractivity contribution >= 4 is 18.3 Å². The maximum atomic E-state index is 11.3. The van der Waals surface area contributed by atoms with E-state index in [0.29, 0.717) is 12.9 Å². The van der Waals surface area contributed by atoms with Crippen molar-refractivity contribution < 1.29 is 23.9 Å². The average Bonchev–Trinajstić information content (AvgIpc) is 2.28. The predicted molar refractivity (Wildman–Crippen MR) is 60.4 cm³/mol. The van der Waals surface area contributed by atoms with Crippen LogP contribution in [0.25, 0.3) is 0 Å². The van der Waals surface area contributed by atoms with Crippen LogP contribution in [0, 0.1) is 0 Å². The number of hydrogen-bond acceptors (Lipinski definition) is 5. The van der Waals surface area contributed by atoms with Gasteiger partial charge in [0.15, 0.2) is 0 Å². The van der Waals surface area contributed by atoms with Gasteiger partial charge in [-0.15, -0.1) is 0 Å². The SMILES string of the molecule is CCOC(=O)C=CCN(CC=O)C(=O)OCC. The third-order valence-electron chi connectivity index (χ3n) is 1.69. The lowest BCUT2D eigenvalue weighted by Crippen LogP contribution is -2.33. The molecule has 0 fully saturated rings. The normalized spacial score (nSPS) is 10.0. The number of aldehydes is 1. The van der Waals surface area contributed by atoms with Crippen LogP contribution in [0.4, 0.5) is 4.79 Å². The first-order valence-corrected chi connectivity index (χ1v) is 5.34. The van der Waals surface area contributed by atoms with E-state index in [1.807, 2.05) is 0 Å². The smallest absolute Gasteiger partial charge is 0.410 e. The molecule has 0 radical (unpaired) electrons. The Kier molecular flexibility index (Phi) is 8.36. The molecule has 0 heterocycles. The topological polar surface area (TPSA) is 72.9 Å². The molecule has 0 aliphatic rings. The van der Waals surface area contributed by atoms with Crippen LogP contribution in [0.15, 0.2) is 12.2 Å². The van der Waals surface area contributed by atoms with Gasteiger partial charge in [0.2, 0.25) is 0 Å². The van der Waals surface area contributed by atoms with E-state index in [-0.39, 0.29) is 19.7 Å². The maximum Gasteiger partial charge on any atom is 0.410 e. The van der Waals surface area contributed by atoms with Crippen molar-refractivity contribution in [2.45, 2.75) is 13.8 Å². The average molecular weight is 243 g/mol. The Morgan fingerprint density at radius 2 is 1.76 bits per heavy atom. The first-order valence-electron chi connectivity index (χ1n) is 5.34. The summed E-state index contributed by atoms with van der Waals surface area (Å²) < 4.78 is 9.40. The largest absolute Gasteiger partial charge is 0.463 e. The molecule has 0 unspecified atom stereocenters. The number of esters is 1. The number of rotatable bonds is 7. The number of carbonyl (C=O) groups is 3. The molecule has 96 valence electrons. The molecule has 0 rings (SSSR count). The molecular weight excluding hydrogens is 226 g/mol. The van der Waals surface area contributed by atoms with Crippen LogP contribution in [0.1, 0.15) is 13.8 Å². The Bertz CT molecular complexity index is 288. The van der Waals surface area contributed by atoms with Gasteiger partial charge in [0.1, 0.15) is 6.29 Å². The van der Waals surface area contributed by atoms with Crippen molar-refractivity contribution in [3.63, 3.8) is 0 Å². The van der Waals surface area contributed by atoms with Crippen molar-refractivity contribution in [1.29, 1.82) is 0 Å². The quantitative estimate of drug-likeness (QED) is 0.375. The lowest BCUT2D eigenvalue weighted by molar-refractivity contribution is -0.137. The molecule has 0 aliphatic heterocycles. The fourth-order valence-corrected chi connectivity index (χ4v) is 0.995. The predicted octanol–water partition coefficient (Wildman–Crippen LogP) is 0.763. The molecule has 0 aliphatic carbocycles. The molecule has 0 aromatic carbocycles. The van der Waals surface area contributed by atoms with Crippen LogP contribution < -0.4 is 0 Å². The molecule has 0 spiro atoms. The molecule has 6 nitrogen and oxygen atoms in total. The Morgan fingerprint density at radius 3 is 2.29 bits per heavy atom. The van der Waals surface area contributed by atoms with Crippen LogP contribution in [0.2, 0.25) is 0 Å². The fraction of sp³-hybridized carbons (Fsp3) is 0.545. The minimum Gasteiger partial charge on any atom is -0.463 e. The lowest BCUT2D eigenvalue weighted by Gasteiger charge is -2.16. The van der Waals surface area contributed by atoms with Crippen LogP contribution in [0.3, 0.4) is 0 Å². The van der Waals surface area contributed by atoms with Gasteiger partial charge in [-0.05, 0) is 13.8 Å². The van der Waals surface area contributed by atoms with Crippen LogP contribution in [0.5, 0.6) is 0 Å². The molecule has 0 N–H and O–H groups in total. The second kappa shape index (κ2) is 9.38. The van der Waals surface area contributed by atoms with Gasteiger partial charge >= 0.3 is 12.1 Å². The van der Waals surface area contributed by atoms with E-state index in [9.17, 15) is 14.4 Å². The van der Waals surface area contributed by atoms with E-state index in [1.165, 1.54) is 17.1 Å². The van der Waals surface area contributed by atoms with E-state index < -0.39 is 12.1 Å². The summed E-state index contributed by atoms with van der Waals surface area (Å²) in [7, 11) is 0. The summed E-state index contributed by atoms with van der Waals surface area (Å²) in [6.45, 7) is 3.94. The number of hydrogen-bond donors (Lipinski definition) is 0. The Hall–Kier alpha value is -1.85. The van der Waals surface area contributed by atoms with Gasteiger partial charge in [-0.1, -0.05) is 6.08 Å². The van der Waals surface area contributed by atoms with Gasteiger partial charge in [0.05, 0.1) is 19.8 Å². The standard InChI is InChI=1S/C11H17NO5/c1-3-16-10(14)6-5-7-12(8-9-13)11(15)17-4-2/h5-6,9H,3-4,7-8H2,1-2H3. The Labute approximate surface area is 100 Å². The second-order valence-corrected chi connectivity index (χ2v) is 2.92. The van der Waals surface area contributed by atoms with Gasteiger partial charge in [0, 0.05) is 12.6 Å². The van der Waals surface area contributed by atoms with Crippen molar-refractivity contribution in [2.75, 3.05) is 26.3 Å². The molecule has 1 amide bonds. The highest BCUT2D eigenvalue weighted by molar-refractivity contribution is 5.82. The zero-order chi connectivity index (χ0) is 13.1. The van der Waals surface area contributed by atoms with Gasteiger partial charge < -0.3 is 14.3 Å². The third kappa shape index (κ3) is 7.10. The summed E-state index contributed by atoms with van der Waals surface area (Å²) in [4.78, 5) is 33.8. The summed E-state index contributed by atoms with van der Waals surface area (Å²) in [5.74, 6) is -0.484. The van der Waals surface area contributed by atoms with E-state index in [0.717, 1.165) is 0 Å². The molecule has 0 saturated heterocycles. The molecule has 0 aromatic rings. The van der Waals surface area contributed by atoms with Crippen LogP contribution >= 0.6 is 0 Å². The molecule has 0 bridgehead atoms. The number of amides is 1. The minimum absolute atomic E-state index is 0.0774. The van der Waals surface area contributed by atoms with Crippen molar-refractivity contribution in [3.05, 3.63) is 12.2 Å². The summed E-state index contributed by atoms with van der Waals surface area (Å²) in [5, 5.41) is 0. The fourth-order valence-electron chi connectivity index (χ4n) is 0.995. The maximum absolute atomic E-state index is 11.3. The summed E-state index contributed by atoms with van der Waals surface area (Å²) >= 11 is 0. The molecule has 0 saturated carbocycles. The zero-order valence-corrected chi connectivity index (χ0v) is 10.0. The van der Waals surface area contributed by atoms with Crippen LogP contribution in [-0.2, 0) is 19.1 Å². The number of ether oxygens (including phenoxy) is 2. The van der Waals surface area contributed by atoms with Crippen molar-refractivity contribution in [3.8, 4) is 0 Å². The van der Waals surface area contributed by atoms with E-state index >= 15 is 0 Å². The van der Waals surface area contributed by atoms with Gasteiger partial charge in [-0.2, -0.15) is 0 Å². The third-order valence-corrected chi connectivity index (χ3v) is 1.69. The first-order chi connectivity index (χ1) is 8.15. The van der Waals surface area contributed by atoms with E-state index in [1.54, 1.807) is 13.8 Å². The number of nitrogens with zero attached hydrogens (tertiary/aromatic N) is 1. The molecule has 0 atom stereocenters. The Balaban J connectivity index is 4.20. The summed E-state index contributed by atoms with van der Waals surface area (Å²) in [5.41, 5.74) is 0. The summed E-state index contributed by atoms with van der Waals surface area (Å²) in [6, 6.07) is 0. The van der Waals surface area contributed by atoms with Gasteiger partial charge in [0.25, 0.3) is 0 Å².